The van der Waals surface area contributed by atoms with Gasteiger partial charge in [0.05, 0.1) is 11.8 Å². The standard InChI is InChI=1S/C17H16N2O3S/c20-16-7-2-1-6-15(16)17(21)19-18-9-12-4-3-5-13(8-12)22-14-10-23-11-14/h1-9,14,20H,10-11H2,(H,19,21). The molecule has 0 bridgehead atoms. The maximum Gasteiger partial charge on any atom is 0.275 e. The molecular weight excluding hydrogens is 312 g/mol. The van der Waals surface area contributed by atoms with Gasteiger partial charge in [-0.25, -0.2) is 5.43 Å². The van der Waals surface area contributed by atoms with Crippen LogP contribution in [-0.4, -0.2) is 34.8 Å². The molecule has 2 N–H and O–H groups in total. The van der Waals surface area contributed by atoms with Gasteiger partial charge in [-0.05, 0) is 29.8 Å². The summed E-state index contributed by atoms with van der Waals surface area (Å²) in [4.78, 5) is 11.9. The Balaban J connectivity index is 1.60. The summed E-state index contributed by atoms with van der Waals surface area (Å²) in [5, 5.41) is 13.5. The number of hydrogen-bond acceptors (Lipinski definition) is 5. The molecule has 3 rings (SSSR count). The number of amides is 1. The van der Waals surface area contributed by atoms with Crippen molar-refractivity contribution in [1.29, 1.82) is 0 Å². The van der Waals surface area contributed by atoms with E-state index in [2.05, 4.69) is 10.5 Å². The van der Waals surface area contributed by atoms with Crippen molar-refractivity contribution in [2.45, 2.75) is 6.10 Å². The number of phenolic OH excluding ortho intramolecular Hbond substituents is 1. The summed E-state index contributed by atoms with van der Waals surface area (Å²) < 4.78 is 5.80. The number of carbonyl (C=O) groups is 1. The number of rotatable bonds is 5. The van der Waals surface area contributed by atoms with E-state index in [1.165, 1.54) is 12.1 Å². The Morgan fingerprint density at radius 2 is 2.09 bits per heavy atom. The second-order valence-corrected chi connectivity index (χ2v) is 6.14. The minimum absolute atomic E-state index is 0.0750. The number of hydrogen-bond donors (Lipinski definition) is 2. The van der Waals surface area contributed by atoms with Crippen LogP contribution in [0.5, 0.6) is 11.5 Å². The number of nitrogens with one attached hydrogen (secondary N) is 1. The van der Waals surface area contributed by atoms with Crippen molar-refractivity contribution in [3.63, 3.8) is 0 Å². The topological polar surface area (TPSA) is 70.9 Å². The largest absolute Gasteiger partial charge is 0.507 e. The molecule has 0 unspecified atom stereocenters. The molecule has 1 aliphatic rings. The number of aromatic hydroxyl groups is 1. The highest BCUT2D eigenvalue weighted by atomic mass is 32.2. The van der Waals surface area contributed by atoms with E-state index in [4.69, 9.17) is 4.74 Å². The van der Waals surface area contributed by atoms with Gasteiger partial charge in [-0.1, -0.05) is 24.3 Å². The van der Waals surface area contributed by atoms with Crippen molar-refractivity contribution >= 4 is 23.9 Å². The van der Waals surface area contributed by atoms with Crippen molar-refractivity contribution in [3.8, 4) is 11.5 Å². The zero-order valence-electron chi connectivity index (χ0n) is 12.3. The van der Waals surface area contributed by atoms with Crippen LogP contribution in [0, 0.1) is 0 Å². The number of para-hydroxylation sites is 1. The van der Waals surface area contributed by atoms with Gasteiger partial charge in [-0.2, -0.15) is 16.9 Å². The normalized spacial score (nSPS) is 14.4. The highest BCUT2D eigenvalue weighted by molar-refractivity contribution is 8.00. The molecule has 0 radical (unpaired) electrons. The van der Waals surface area contributed by atoms with Gasteiger partial charge in [-0.3, -0.25) is 4.79 Å². The molecule has 1 amide bonds. The van der Waals surface area contributed by atoms with Gasteiger partial charge in [-0.15, -0.1) is 0 Å². The summed E-state index contributed by atoms with van der Waals surface area (Å²) in [5.74, 6) is 2.31. The molecule has 0 aliphatic carbocycles. The highest BCUT2D eigenvalue weighted by Gasteiger charge is 2.19. The third-order valence-electron chi connectivity index (χ3n) is 3.30. The number of ether oxygens (including phenoxy) is 1. The predicted molar refractivity (Wildman–Crippen MR) is 91.4 cm³/mol. The highest BCUT2D eigenvalue weighted by Crippen LogP contribution is 2.24. The lowest BCUT2D eigenvalue weighted by Gasteiger charge is -2.25. The molecule has 6 heteroatoms. The minimum atomic E-state index is -0.460. The summed E-state index contributed by atoms with van der Waals surface area (Å²) in [7, 11) is 0. The summed E-state index contributed by atoms with van der Waals surface area (Å²) in [6.07, 6.45) is 1.83. The Kier molecular flexibility index (Phi) is 4.83. The number of thioether (sulfide) groups is 1. The molecule has 0 aromatic heterocycles. The number of phenols is 1. The van der Waals surface area contributed by atoms with Gasteiger partial charge in [0.2, 0.25) is 0 Å². The Bertz CT molecular complexity index is 729. The third kappa shape index (κ3) is 4.04. The zero-order valence-corrected chi connectivity index (χ0v) is 13.1. The Labute approximate surface area is 138 Å². The van der Waals surface area contributed by atoms with Crippen LogP contribution < -0.4 is 10.2 Å². The predicted octanol–water partition coefficient (Wildman–Crippen LogP) is 2.65. The molecule has 118 valence electrons. The van der Waals surface area contributed by atoms with Gasteiger partial charge >= 0.3 is 0 Å². The Morgan fingerprint density at radius 1 is 1.26 bits per heavy atom. The third-order valence-corrected chi connectivity index (χ3v) is 4.51. The molecule has 1 fully saturated rings. The van der Waals surface area contributed by atoms with Gasteiger partial charge in [0.15, 0.2) is 0 Å². The lowest BCUT2D eigenvalue weighted by Crippen LogP contribution is -2.31. The summed E-state index contributed by atoms with van der Waals surface area (Å²) >= 11 is 1.87. The van der Waals surface area contributed by atoms with E-state index < -0.39 is 5.91 Å². The van der Waals surface area contributed by atoms with Crippen molar-refractivity contribution in [3.05, 3.63) is 59.7 Å². The molecule has 2 aromatic carbocycles. The van der Waals surface area contributed by atoms with Crippen LogP contribution in [0.2, 0.25) is 0 Å². The number of benzene rings is 2. The fourth-order valence-electron chi connectivity index (χ4n) is 2.03. The van der Waals surface area contributed by atoms with Crippen LogP contribution in [0.1, 0.15) is 15.9 Å². The summed E-state index contributed by atoms with van der Waals surface area (Å²) in [6, 6.07) is 13.9. The first kappa shape index (κ1) is 15.4. The van der Waals surface area contributed by atoms with E-state index in [0.717, 1.165) is 22.8 Å². The van der Waals surface area contributed by atoms with E-state index in [1.807, 2.05) is 36.0 Å². The maximum atomic E-state index is 11.9. The molecule has 0 spiro atoms. The fraction of sp³-hybridized carbons (Fsp3) is 0.176. The molecule has 23 heavy (non-hydrogen) atoms. The number of nitrogens with zero attached hydrogens (tertiary/aromatic N) is 1. The molecule has 2 aromatic rings. The number of carbonyl (C=O) groups excluding carboxylic acids is 1. The molecule has 1 heterocycles. The van der Waals surface area contributed by atoms with Crippen LogP contribution in [0.3, 0.4) is 0 Å². The maximum absolute atomic E-state index is 11.9. The van der Waals surface area contributed by atoms with E-state index >= 15 is 0 Å². The van der Waals surface area contributed by atoms with Crippen LogP contribution in [0.25, 0.3) is 0 Å². The first-order valence-corrected chi connectivity index (χ1v) is 8.34. The molecule has 1 aliphatic heterocycles. The minimum Gasteiger partial charge on any atom is -0.507 e. The van der Waals surface area contributed by atoms with Gasteiger partial charge in [0.1, 0.15) is 17.6 Å². The van der Waals surface area contributed by atoms with Gasteiger partial charge in [0, 0.05) is 11.5 Å². The van der Waals surface area contributed by atoms with Crippen molar-refractivity contribution < 1.29 is 14.6 Å². The SMILES string of the molecule is O=C(NN=Cc1cccc(OC2CSC2)c1)c1ccccc1O. The van der Waals surface area contributed by atoms with Gasteiger partial charge in [0.25, 0.3) is 5.91 Å². The average molecular weight is 328 g/mol. The fourth-order valence-corrected chi connectivity index (χ4v) is 2.60. The first-order valence-electron chi connectivity index (χ1n) is 7.18. The summed E-state index contributed by atoms with van der Waals surface area (Å²) in [6.45, 7) is 0. The second-order valence-electron chi connectivity index (χ2n) is 5.07. The van der Waals surface area contributed by atoms with Crippen LogP contribution in [0.15, 0.2) is 53.6 Å². The Hall–Kier alpha value is -2.47. The smallest absolute Gasteiger partial charge is 0.275 e. The van der Waals surface area contributed by atoms with E-state index in [1.54, 1.807) is 18.3 Å². The zero-order chi connectivity index (χ0) is 16.1. The molecule has 0 saturated carbocycles. The average Bonchev–Trinajstić information content (AvgIpc) is 2.52. The van der Waals surface area contributed by atoms with Crippen molar-refractivity contribution in [2.24, 2.45) is 5.10 Å². The van der Waals surface area contributed by atoms with Crippen molar-refractivity contribution in [1.82, 2.24) is 5.43 Å². The monoisotopic (exact) mass is 328 g/mol. The second kappa shape index (κ2) is 7.19. The lowest BCUT2D eigenvalue weighted by atomic mass is 10.2. The van der Waals surface area contributed by atoms with Crippen LogP contribution in [-0.2, 0) is 0 Å². The molecule has 5 nitrogen and oxygen atoms in total. The number of hydrazone groups is 1. The lowest BCUT2D eigenvalue weighted by molar-refractivity contribution is 0.0952. The van der Waals surface area contributed by atoms with Crippen LogP contribution in [0.4, 0.5) is 0 Å². The molecule has 0 atom stereocenters. The van der Waals surface area contributed by atoms with E-state index in [0.29, 0.717) is 0 Å². The molecular formula is C17H16N2O3S. The Morgan fingerprint density at radius 3 is 2.83 bits per heavy atom. The van der Waals surface area contributed by atoms with E-state index in [9.17, 15) is 9.90 Å². The van der Waals surface area contributed by atoms with E-state index in [-0.39, 0.29) is 17.4 Å². The van der Waals surface area contributed by atoms with Gasteiger partial charge < -0.3 is 9.84 Å². The first-order chi connectivity index (χ1) is 11.2. The van der Waals surface area contributed by atoms with Crippen molar-refractivity contribution in [2.75, 3.05) is 11.5 Å². The quantitative estimate of drug-likeness (QED) is 0.654. The van der Waals surface area contributed by atoms with Crippen LogP contribution >= 0.6 is 11.8 Å². The summed E-state index contributed by atoms with van der Waals surface area (Å²) in [5.41, 5.74) is 3.41. The molecule has 1 saturated heterocycles.